The molecular formula is C44H48ClN7O7S. The van der Waals surface area contributed by atoms with E-state index < -0.39 is 44.8 Å². The predicted molar refractivity (Wildman–Crippen MR) is 230 cm³/mol. The molecule has 314 valence electrons. The van der Waals surface area contributed by atoms with Gasteiger partial charge in [0.05, 0.1) is 46.0 Å². The Kier molecular flexibility index (Phi) is 13.9. The van der Waals surface area contributed by atoms with E-state index in [2.05, 4.69) is 49.7 Å². The molecule has 3 N–H and O–H groups in total. The lowest BCUT2D eigenvalue weighted by atomic mass is 10.0. The number of carbonyl (C=O) groups excluding carboxylic acids is 4. The van der Waals surface area contributed by atoms with Crippen molar-refractivity contribution in [3.05, 3.63) is 93.6 Å². The lowest BCUT2D eigenvalue weighted by molar-refractivity contribution is -0.136. The van der Waals surface area contributed by atoms with Gasteiger partial charge in [-0.25, -0.2) is 13.4 Å². The molecule has 16 heteroatoms. The summed E-state index contributed by atoms with van der Waals surface area (Å²) in [6.07, 6.45) is 5.86. The number of fused-ring (bicyclic) bond motifs is 1. The van der Waals surface area contributed by atoms with Crippen molar-refractivity contribution in [2.75, 3.05) is 37.9 Å². The van der Waals surface area contributed by atoms with Crippen LogP contribution in [0.25, 0.3) is 0 Å². The van der Waals surface area contributed by atoms with Crippen LogP contribution < -0.4 is 20.7 Å². The van der Waals surface area contributed by atoms with Crippen molar-refractivity contribution in [1.29, 1.82) is 0 Å². The summed E-state index contributed by atoms with van der Waals surface area (Å²) in [4.78, 5) is 62.7. The Labute approximate surface area is 355 Å². The minimum Gasteiger partial charge on any atom is -0.495 e. The van der Waals surface area contributed by atoms with Crippen molar-refractivity contribution in [2.45, 2.75) is 81.9 Å². The molecule has 60 heavy (non-hydrogen) atoms. The standard InChI is InChI=1S/C44H48ClN7O7S/c1-27(2)60(57,58)37-18-11-10-17-33(37)47-40-32(45)26-46-44(50-40)48-34-24-28(3)30(25-36(34)59-5)21-23-51(4)22-12-8-6-7-9-14-29-15-13-16-31-39(29)43(56)52(42(31)55)35-19-20-38(53)49-41(35)54/h10-11,13,15-18,24-27,35H,6-8,12,19-23H2,1-5H3,(H,49,53,54)(H2,46,47,48,50). The molecule has 1 atom stereocenters. The van der Waals surface area contributed by atoms with E-state index in [1.54, 1.807) is 63.4 Å². The van der Waals surface area contributed by atoms with Gasteiger partial charge in [-0.05, 0) is 108 Å². The Bertz CT molecular complexity index is 2500. The maximum absolute atomic E-state index is 13.3. The van der Waals surface area contributed by atoms with E-state index in [4.69, 9.17) is 16.3 Å². The van der Waals surface area contributed by atoms with Crippen LogP contribution >= 0.6 is 11.6 Å². The first-order valence-corrected chi connectivity index (χ1v) is 21.7. The molecule has 0 saturated carbocycles. The summed E-state index contributed by atoms with van der Waals surface area (Å²) >= 11 is 6.44. The zero-order valence-electron chi connectivity index (χ0n) is 34.2. The zero-order chi connectivity index (χ0) is 43.1. The van der Waals surface area contributed by atoms with Gasteiger partial charge in [0, 0.05) is 24.9 Å². The number of piperidine rings is 1. The van der Waals surface area contributed by atoms with Crippen molar-refractivity contribution in [2.24, 2.45) is 0 Å². The zero-order valence-corrected chi connectivity index (χ0v) is 35.8. The molecule has 0 bridgehead atoms. The molecule has 2 aliphatic heterocycles. The van der Waals surface area contributed by atoms with Gasteiger partial charge in [-0.3, -0.25) is 29.4 Å². The number of rotatable bonds is 16. The molecule has 1 saturated heterocycles. The van der Waals surface area contributed by atoms with Crippen LogP contribution in [-0.2, 0) is 25.8 Å². The minimum absolute atomic E-state index is 0.0630. The summed E-state index contributed by atoms with van der Waals surface area (Å²) in [5, 5.41) is 8.13. The highest BCUT2D eigenvalue weighted by Crippen LogP contribution is 2.34. The number of unbranched alkanes of at least 4 members (excludes halogenated alkanes) is 3. The number of likely N-dealkylation sites (N-methyl/N-ethyl adjacent to an activating group) is 1. The number of amides is 4. The second kappa shape index (κ2) is 19.1. The van der Waals surface area contributed by atoms with Crippen molar-refractivity contribution in [1.82, 2.24) is 25.1 Å². The van der Waals surface area contributed by atoms with Crippen molar-refractivity contribution in [3.8, 4) is 17.6 Å². The highest BCUT2D eigenvalue weighted by Gasteiger charge is 2.45. The number of hydrogen-bond acceptors (Lipinski definition) is 12. The minimum atomic E-state index is -3.57. The Morgan fingerprint density at radius 1 is 1.00 bits per heavy atom. The topological polar surface area (TPSA) is 180 Å². The third-order valence-corrected chi connectivity index (χ3v) is 13.0. The first-order valence-electron chi connectivity index (χ1n) is 19.8. The molecule has 1 unspecified atom stereocenters. The predicted octanol–water partition coefficient (Wildman–Crippen LogP) is 6.60. The monoisotopic (exact) mass is 853 g/mol. The van der Waals surface area contributed by atoms with E-state index in [-0.39, 0.29) is 45.7 Å². The number of nitrogens with zero attached hydrogens (tertiary/aromatic N) is 4. The second-order valence-corrected chi connectivity index (χ2v) is 17.9. The first-order chi connectivity index (χ1) is 28.7. The number of aryl methyl sites for hydroxylation is 1. The maximum Gasteiger partial charge on any atom is 0.263 e. The summed E-state index contributed by atoms with van der Waals surface area (Å²) < 4.78 is 31.7. The molecule has 3 aromatic carbocycles. The normalized spacial score (nSPS) is 15.2. The fourth-order valence-corrected chi connectivity index (χ4v) is 8.41. The summed E-state index contributed by atoms with van der Waals surface area (Å²) in [7, 11) is 0.119. The Morgan fingerprint density at radius 2 is 1.78 bits per heavy atom. The number of anilines is 4. The van der Waals surface area contributed by atoms with Gasteiger partial charge >= 0.3 is 0 Å². The van der Waals surface area contributed by atoms with E-state index in [9.17, 15) is 27.6 Å². The molecule has 2 aliphatic rings. The highest BCUT2D eigenvalue weighted by atomic mass is 35.5. The number of para-hydroxylation sites is 1. The van der Waals surface area contributed by atoms with E-state index in [1.165, 1.54) is 6.20 Å². The fourth-order valence-electron chi connectivity index (χ4n) is 7.07. The van der Waals surface area contributed by atoms with Gasteiger partial charge in [-0.2, -0.15) is 4.98 Å². The van der Waals surface area contributed by atoms with Crippen molar-refractivity contribution in [3.63, 3.8) is 0 Å². The average molecular weight is 854 g/mol. The number of carbonyl (C=O) groups is 4. The van der Waals surface area contributed by atoms with Gasteiger partial charge in [0.25, 0.3) is 11.8 Å². The van der Waals surface area contributed by atoms with Crippen LogP contribution in [0.1, 0.15) is 89.8 Å². The van der Waals surface area contributed by atoms with Crippen LogP contribution in [0, 0.1) is 18.8 Å². The van der Waals surface area contributed by atoms with E-state index in [0.717, 1.165) is 54.8 Å². The number of nitrogens with one attached hydrogen (secondary N) is 3. The molecule has 6 rings (SSSR count). The second-order valence-electron chi connectivity index (χ2n) is 15.1. The van der Waals surface area contributed by atoms with Gasteiger partial charge in [0.1, 0.15) is 16.8 Å². The van der Waals surface area contributed by atoms with Gasteiger partial charge in [-0.1, -0.05) is 48.1 Å². The molecule has 0 spiro atoms. The first kappa shape index (κ1) is 43.8. The quantitative estimate of drug-likeness (QED) is 0.0625. The van der Waals surface area contributed by atoms with Crippen LogP contribution in [0.5, 0.6) is 5.75 Å². The smallest absolute Gasteiger partial charge is 0.263 e. The summed E-state index contributed by atoms with van der Waals surface area (Å²) in [6.45, 7) is 7.04. The van der Waals surface area contributed by atoms with Crippen molar-refractivity contribution >= 4 is 68.2 Å². The van der Waals surface area contributed by atoms with Gasteiger partial charge in [0.15, 0.2) is 15.7 Å². The Morgan fingerprint density at radius 3 is 2.53 bits per heavy atom. The number of aromatic nitrogens is 2. The molecule has 4 amide bonds. The third kappa shape index (κ3) is 9.79. The molecule has 14 nitrogen and oxygen atoms in total. The molecular weight excluding hydrogens is 806 g/mol. The van der Waals surface area contributed by atoms with Crippen LogP contribution in [0.2, 0.25) is 5.02 Å². The van der Waals surface area contributed by atoms with E-state index in [1.807, 2.05) is 19.1 Å². The van der Waals surface area contributed by atoms with Gasteiger partial charge < -0.3 is 20.3 Å². The molecule has 4 aromatic rings. The summed E-state index contributed by atoms with van der Waals surface area (Å²) in [6, 6.07) is 14.5. The van der Waals surface area contributed by atoms with Crippen LogP contribution in [-0.4, -0.2) is 90.4 Å². The van der Waals surface area contributed by atoms with Crippen LogP contribution in [0.4, 0.5) is 23.1 Å². The van der Waals surface area contributed by atoms with Crippen LogP contribution in [0.15, 0.2) is 65.7 Å². The number of benzene rings is 3. The third-order valence-electron chi connectivity index (χ3n) is 10.5. The number of halogens is 1. The number of hydrogen-bond donors (Lipinski definition) is 3. The van der Waals surface area contributed by atoms with Gasteiger partial charge in [0.2, 0.25) is 17.8 Å². The lowest BCUT2D eigenvalue weighted by Gasteiger charge is -2.27. The fraction of sp³-hybridized carbons (Fsp3) is 0.364. The Balaban J connectivity index is 0.985. The summed E-state index contributed by atoms with van der Waals surface area (Å²) in [5.74, 6) is 5.16. The number of imide groups is 2. The molecule has 3 heterocycles. The average Bonchev–Trinajstić information content (AvgIpc) is 3.47. The lowest BCUT2D eigenvalue weighted by Crippen LogP contribution is -2.54. The number of methoxy groups -OCH3 is 1. The highest BCUT2D eigenvalue weighted by molar-refractivity contribution is 7.92. The molecule has 0 aliphatic carbocycles. The van der Waals surface area contributed by atoms with Crippen molar-refractivity contribution < 1.29 is 32.3 Å². The molecule has 0 radical (unpaired) electrons. The molecule has 1 fully saturated rings. The maximum atomic E-state index is 13.3. The van der Waals surface area contributed by atoms with E-state index in [0.29, 0.717) is 29.1 Å². The number of ether oxygens (including phenoxy) is 1. The van der Waals surface area contributed by atoms with Crippen LogP contribution in [0.3, 0.4) is 0 Å². The van der Waals surface area contributed by atoms with Gasteiger partial charge in [-0.15, -0.1) is 0 Å². The molecule has 1 aromatic heterocycles. The van der Waals surface area contributed by atoms with E-state index >= 15 is 0 Å². The largest absolute Gasteiger partial charge is 0.495 e. The SMILES string of the molecule is COc1cc(CCN(C)CCCCCC#Cc2cccc3c2C(=O)N(C2CCC(=O)NC2=O)C3=O)c(C)cc1Nc1ncc(Cl)c(Nc2ccccc2S(=O)(=O)C(C)C)n1. The number of sulfone groups is 1. The summed E-state index contributed by atoms with van der Waals surface area (Å²) in [5.41, 5.74) is 4.10. The Hall–Kier alpha value is -5.82.